The van der Waals surface area contributed by atoms with Crippen LogP contribution in [0.2, 0.25) is 0 Å². The van der Waals surface area contributed by atoms with Gasteiger partial charge in [0, 0.05) is 5.57 Å². The first kappa shape index (κ1) is 22.7. The summed E-state index contributed by atoms with van der Waals surface area (Å²) in [7, 11) is 0. The first-order chi connectivity index (χ1) is 11.7. The molecule has 0 unspecified atom stereocenters. The predicted molar refractivity (Wildman–Crippen MR) is 105 cm³/mol. The Hall–Kier alpha value is -1.31. The van der Waals surface area contributed by atoms with Crippen LogP contribution in [-0.4, -0.2) is 11.1 Å². The van der Waals surface area contributed by atoms with Crippen molar-refractivity contribution < 1.29 is 9.90 Å². The van der Waals surface area contributed by atoms with E-state index in [9.17, 15) is 4.79 Å². The van der Waals surface area contributed by atoms with E-state index in [-0.39, 0.29) is 0 Å². The zero-order chi connectivity index (χ0) is 17.9. The van der Waals surface area contributed by atoms with E-state index < -0.39 is 5.97 Å². The lowest BCUT2D eigenvalue weighted by atomic mass is 10.1. The third kappa shape index (κ3) is 15.6. The highest BCUT2D eigenvalue weighted by molar-refractivity contribution is 5.86. The van der Waals surface area contributed by atoms with Gasteiger partial charge in [-0.25, -0.2) is 4.79 Å². The van der Waals surface area contributed by atoms with Crippen LogP contribution >= 0.6 is 0 Å². The van der Waals surface area contributed by atoms with Crippen LogP contribution in [0.4, 0.5) is 0 Å². The van der Waals surface area contributed by atoms with E-state index in [4.69, 9.17) is 5.11 Å². The zero-order valence-corrected chi connectivity index (χ0v) is 15.9. The smallest absolute Gasteiger partial charge is 0.331 e. The second kappa shape index (κ2) is 18.0. The molecule has 138 valence electrons. The quantitative estimate of drug-likeness (QED) is 0.184. The summed E-state index contributed by atoms with van der Waals surface area (Å²) in [5.74, 6) is -0.767. The van der Waals surface area contributed by atoms with Crippen molar-refractivity contribution in [2.75, 3.05) is 0 Å². The molecule has 0 atom stereocenters. The van der Waals surface area contributed by atoms with Crippen molar-refractivity contribution in [2.45, 2.75) is 97.3 Å². The topological polar surface area (TPSA) is 37.3 Å². The molecule has 0 aliphatic carbocycles. The van der Waals surface area contributed by atoms with E-state index in [2.05, 4.69) is 31.2 Å². The van der Waals surface area contributed by atoms with E-state index >= 15 is 0 Å². The molecule has 0 saturated heterocycles. The molecule has 0 fully saturated rings. The Morgan fingerprint density at radius 1 is 0.750 bits per heavy atom. The molecule has 0 rings (SSSR count). The maximum absolute atomic E-state index is 10.8. The molecule has 24 heavy (non-hydrogen) atoms. The number of rotatable bonds is 16. The standard InChI is InChI=1S/C22H38O2/c1-3-5-6-7-8-9-10-11-12-13-14-15-16-17-18-19-20-21(4-2)22(23)24/h10-13,20H,3-9,14-19H2,1-2H3,(H,23,24). The van der Waals surface area contributed by atoms with Gasteiger partial charge in [-0.1, -0.05) is 82.8 Å². The van der Waals surface area contributed by atoms with Crippen LogP contribution in [0, 0.1) is 0 Å². The maximum Gasteiger partial charge on any atom is 0.331 e. The minimum absolute atomic E-state index is 0.551. The molecule has 0 amide bonds. The third-order valence-corrected chi connectivity index (χ3v) is 4.23. The summed E-state index contributed by atoms with van der Waals surface area (Å²) in [6.07, 6.45) is 26.1. The molecule has 2 nitrogen and oxygen atoms in total. The van der Waals surface area contributed by atoms with Crippen molar-refractivity contribution in [3.63, 3.8) is 0 Å². The van der Waals surface area contributed by atoms with E-state index in [1.807, 2.05) is 13.0 Å². The molecule has 0 aromatic heterocycles. The number of carboxylic acid groups (broad SMARTS) is 1. The van der Waals surface area contributed by atoms with Gasteiger partial charge in [0.05, 0.1) is 0 Å². The van der Waals surface area contributed by atoms with Gasteiger partial charge in [-0.2, -0.15) is 0 Å². The van der Waals surface area contributed by atoms with E-state index in [1.54, 1.807) is 0 Å². The van der Waals surface area contributed by atoms with Crippen LogP contribution in [-0.2, 0) is 4.79 Å². The second-order valence-electron chi connectivity index (χ2n) is 6.44. The Bertz CT molecular complexity index is 377. The summed E-state index contributed by atoms with van der Waals surface area (Å²) in [5.41, 5.74) is 0.551. The van der Waals surface area contributed by atoms with E-state index in [0.717, 1.165) is 19.3 Å². The van der Waals surface area contributed by atoms with Crippen LogP contribution in [0.5, 0.6) is 0 Å². The van der Waals surface area contributed by atoms with Crippen LogP contribution in [0.3, 0.4) is 0 Å². The highest BCUT2D eigenvalue weighted by atomic mass is 16.4. The lowest BCUT2D eigenvalue weighted by molar-refractivity contribution is -0.132. The highest BCUT2D eigenvalue weighted by Gasteiger charge is 2.02. The Balaban J connectivity index is 3.42. The van der Waals surface area contributed by atoms with Crippen molar-refractivity contribution in [3.8, 4) is 0 Å². The Morgan fingerprint density at radius 2 is 1.25 bits per heavy atom. The lowest BCUT2D eigenvalue weighted by Crippen LogP contribution is -1.98. The zero-order valence-electron chi connectivity index (χ0n) is 15.9. The molecule has 0 saturated carbocycles. The molecular formula is C22H38O2. The Labute approximate surface area is 149 Å². The number of hydrogen-bond acceptors (Lipinski definition) is 1. The van der Waals surface area contributed by atoms with Crippen molar-refractivity contribution in [1.82, 2.24) is 0 Å². The number of aliphatic carboxylic acids is 1. The lowest BCUT2D eigenvalue weighted by Gasteiger charge is -1.99. The van der Waals surface area contributed by atoms with Crippen molar-refractivity contribution in [1.29, 1.82) is 0 Å². The number of carboxylic acids is 1. The number of unbranched alkanes of at least 4 members (excludes halogenated alkanes) is 10. The molecule has 0 heterocycles. The van der Waals surface area contributed by atoms with Crippen LogP contribution in [0.1, 0.15) is 97.3 Å². The van der Waals surface area contributed by atoms with E-state index in [0.29, 0.717) is 12.0 Å². The minimum Gasteiger partial charge on any atom is -0.478 e. The van der Waals surface area contributed by atoms with Gasteiger partial charge in [0.2, 0.25) is 0 Å². The second-order valence-corrected chi connectivity index (χ2v) is 6.44. The molecule has 0 radical (unpaired) electrons. The summed E-state index contributed by atoms with van der Waals surface area (Å²) in [6, 6.07) is 0. The van der Waals surface area contributed by atoms with E-state index in [1.165, 1.54) is 57.8 Å². The van der Waals surface area contributed by atoms with Gasteiger partial charge < -0.3 is 5.11 Å². The molecule has 2 heteroatoms. The Morgan fingerprint density at radius 3 is 1.71 bits per heavy atom. The summed E-state index contributed by atoms with van der Waals surface area (Å²) < 4.78 is 0. The predicted octanol–water partition coefficient (Wildman–Crippen LogP) is 7.22. The summed E-state index contributed by atoms with van der Waals surface area (Å²) >= 11 is 0. The van der Waals surface area contributed by atoms with Gasteiger partial charge in [0.25, 0.3) is 0 Å². The van der Waals surface area contributed by atoms with Gasteiger partial charge in [0.1, 0.15) is 0 Å². The molecule has 0 aromatic carbocycles. The molecular weight excluding hydrogens is 296 g/mol. The maximum atomic E-state index is 10.8. The summed E-state index contributed by atoms with van der Waals surface area (Å²) in [5, 5.41) is 8.92. The van der Waals surface area contributed by atoms with Crippen molar-refractivity contribution in [2.24, 2.45) is 0 Å². The number of allylic oxidation sites excluding steroid dienone is 5. The minimum atomic E-state index is -0.767. The highest BCUT2D eigenvalue weighted by Crippen LogP contribution is 2.10. The molecule has 0 aliphatic rings. The Kier molecular flexibility index (Phi) is 17.1. The van der Waals surface area contributed by atoms with Crippen molar-refractivity contribution >= 4 is 5.97 Å². The molecule has 1 N–H and O–H groups in total. The third-order valence-electron chi connectivity index (χ3n) is 4.23. The first-order valence-corrected chi connectivity index (χ1v) is 9.96. The molecule has 0 bridgehead atoms. The average molecular weight is 335 g/mol. The summed E-state index contributed by atoms with van der Waals surface area (Å²) in [6.45, 7) is 4.15. The van der Waals surface area contributed by atoms with Crippen LogP contribution in [0.25, 0.3) is 0 Å². The van der Waals surface area contributed by atoms with Crippen molar-refractivity contribution in [3.05, 3.63) is 36.0 Å². The number of carbonyl (C=O) groups is 1. The molecule has 0 aromatic rings. The van der Waals surface area contributed by atoms with Crippen LogP contribution < -0.4 is 0 Å². The normalized spacial score (nSPS) is 12.5. The first-order valence-electron chi connectivity index (χ1n) is 9.96. The molecule has 0 spiro atoms. The van der Waals surface area contributed by atoms with Gasteiger partial charge in [-0.05, 0) is 44.9 Å². The van der Waals surface area contributed by atoms with Gasteiger partial charge in [-0.15, -0.1) is 0 Å². The fraction of sp³-hybridized carbons (Fsp3) is 0.682. The fourth-order valence-corrected chi connectivity index (χ4v) is 2.63. The largest absolute Gasteiger partial charge is 0.478 e. The SMILES string of the molecule is CCCCCCCC=CC=CCCCCCCC=C(CC)C(=O)O. The van der Waals surface area contributed by atoms with Gasteiger partial charge >= 0.3 is 5.97 Å². The van der Waals surface area contributed by atoms with Crippen LogP contribution in [0.15, 0.2) is 36.0 Å². The molecule has 0 aliphatic heterocycles. The summed E-state index contributed by atoms with van der Waals surface area (Å²) in [4.78, 5) is 10.8. The number of hydrogen-bond donors (Lipinski definition) is 1. The van der Waals surface area contributed by atoms with Gasteiger partial charge in [-0.3, -0.25) is 0 Å². The fourth-order valence-electron chi connectivity index (χ4n) is 2.63. The monoisotopic (exact) mass is 334 g/mol. The van der Waals surface area contributed by atoms with Gasteiger partial charge in [0.15, 0.2) is 0 Å². The average Bonchev–Trinajstić information content (AvgIpc) is 2.57.